The molecule has 0 aromatic carbocycles. The summed E-state index contributed by atoms with van der Waals surface area (Å²) in [5, 5.41) is 3.44. The first-order chi connectivity index (χ1) is 9.54. The van der Waals surface area contributed by atoms with Gasteiger partial charge in [0, 0.05) is 25.8 Å². The van der Waals surface area contributed by atoms with Crippen LogP contribution in [0.2, 0.25) is 0 Å². The summed E-state index contributed by atoms with van der Waals surface area (Å²) in [5.74, 6) is 1.73. The molecule has 1 aliphatic heterocycles. The Hall–Kier alpha value is -1.13. The van der Waals surface area contributed by atoms with Gasteiger partial charge in [-0.05, 0) is 37.9 Å². The van der Waals surface area contributed by atoms with Crippen LogP contribution in [0.25, 0.3) is 0 Å². The molecule has 0 radical (unpaired) electrons. The van der Waals surface area contributed by atoms with E-state index in [1.54, 1.807) is 0 Å². The third-order valence-corrected chi connectivity index (χ3v) is 3.43. The maximum absolute atomic E-state index is 5.76. The number of aromatic nitrogens is 1. The van der Waals surface area contributed by atoms with Crippen LogP contribution in [0.3, 0.4) is 0 Å². The molecule has 2 rings (SSSR count). The second-order valence-corrected chi connectivity index (χ2v) is 6.21. The average Bonchev–Trinajstić information content (AvgIpc) is 2.38. The van der Waals surface area contributed by atoms with Crippen LogP contribution in [-0.2, 0) is 11.3 Å². The highest BCUT2D eigenvalue weighted by Crippen LogP contribution is 2.18. The Balaban J connectivity index is 1.90. The van der Waals surface area contributed by atoms with Crippen molar-refractivity contribution >= 4 is 5.82 Å². The molecule has 112 valence electrons. The van der Waals surface area contributed by atoms with E-state index in [-0.39, 0.29) is 12.2 Å². The lowest BCUT2D eigenvalue weighted by molar-refractivity contribution is -0.00545. The molecular formula is C16H27N3O. The molecule has 20 heavy (non-hydrogen) atoms. The number of hydrogen-bond acceptors (Lipinski definition) is 4. The molecule has 0 spiro atoms. The Morgan fingerprint density at radius 2 is 2.00 bits per heavy atom. The molecule has 1 aromatic rings. The zero-order chi connectivity index (χ0) is 14.5. The molecule has 0 bridgehead atoms. The predicted molar refractivity (Wildman–Crippen MR) is 83.0 cm³/mol. The molecule has 1 saturated heterocycles. The van der Waals surface area contributed by atoms with Gasteiger partial charge in [0.15, 0.2) is 0 Å². The number of anilines is 1. The molecule has 0 aliphatic carbocycles. The summed E-state index contributed by atoms with van der Waals surface area (Å²) in [6.07, 6.45) is 2.52. The van der Waals surface area contributed by atoms with Crippen molar-refractivity contribution in [2.24, 2.45) is 5.92 Å². The van der Waals surface area contributed by atoms with E-state index in [0.717, 1.165) is 32.0 Å². The predicted octanol–water partition coefficient (Wildman–Crippen LogP) is 2.44. The van der Waals surface area contributed by atoms with Crippen LogP contribution in [0.4, 0.5) is 5.82 Å². The van der Waals surface area contributed by atoms with Crippen molar-refractivity contribution in [1.29, 1.82) is 0 Å². The van der Waals surface area contributed by atoms with Gasteiger partial charge in [0.2, 0.25) is 0 Å². The zero-order valence-corrected chi connectivity index (χ0v) is 13.1. The molecular weight excluding hydrogens is 250 g/mol. The molecule has 0 saturated carbocycles. The number of pyridine rings is 1. The summed E-state index contributed by atoms with van der Waals surface area (Å²) in [4.78, 5) is 6.91. The average molecular weight is 277 g/mol. The SMILES string of the molecule is CC(C)CNCc1ccc(N2C[C@@H](C)O[C@@H](C)C2)nc1. The lowest BCUT2D eigenvalue weighted by atomic mass is 10.2. The Bertz CT molecular complexity index is 395. The minimum absolute atomic E-state index is 0.271. The normalized spacial score (nSPS) is 23.4. The number of hydrogen-bond donors (Lipinski definition) is 1. The van der Waals surface area contributed by atoms with Crippen LogP contribution >= 0.6 is 0 Å². The van der Waals surface area contributed by atoms with Crippen molar-refractivity contribution < 1.29 is 4.74 Å². The molecule has 4 nitrogen and oxygen atoms in total. The van der Waals surface area contributed by atoms with Gasteiger partial charge >= 0.3 is 0 Å². The highest BCUT2D eigenvalue weighted by molar-refractivity contribution is 5.40. The quantitative estimate of drug-likeness (QED) is 0.897. The maximum atomic E-state index is 5.76. The third-order valence-electron chi connectivity index (χ3n) is 3.43. The Labute approximate surface area is 122 Å². The topological polar surface area (TPSA) is 37.4 Å². The van der Waals surface area contributed by atoms with Crippen LogP contribution in [0.15, 0.2) is 18.3 Å². The first-order valence-corrected chi connectivity index (χ1v) is 7.60. The van der Waals surface area contributed by atoms with Crippen molar-refractivity contribution in [3.8, 4) is 0 Å². The third kappa shape index (κ3) is 4.46. The molecule has 1 aromatic heterocycles. The van der Waals surface area contributed by atoms with Crippen molar-refractivity contribution in [3.63, 3.8) is 0 Å². The Morgan fingerprint density at radius 3 is 2.55 bits per heavy atom. The molecule has 1 aliphatic rings. The van der Waals surface area contributed by atoms with Gasteiger partial charge in [0.1, 0.15) is 5.82 Å². The van der Waals surface area contributed by atoms with E-state index in [2.05, 4.69) is 55.0 Å². The van der Waals surface area contributed by atoms with E-state index in [4.69, 9.17) is 4.74 Å². The molecule has 1 fully saturated rings. The van der Waals surface area contributed by atoms with Crippen LogP contribution in [0.1, 0.15) is 33.3 Å². The highest BCUT2D eigenvalue weighted by atomic mass is 16.5. The van der Waals surface area contributed by atoms with Gasteiger partial charge in [-0.1, -0.05) is 19.9 Å². The standard InChI is InChI=1S/C16H27N3O/c1-12(2)7-17-8-15-5-6-16(18-9-15)19-10-13(3)20-14(4)11-19/h5-6,9,12-14,17H,7-8,10-11H2,1-4H3/t13-,14+. The summed E-state index contributed by atoms with van der Waals surface area (Å²) >= 11 is 0. The molecule has 4 heteroatoms. The summed E-state index contributed by atoms with van der Waals surface area (Å²) in [5.41, 5.74) is 1.24. The molecule has 0 unspecified atom stereocenters. The van der Waals surface area contributed by atoms with E-state index in [1.807, 2.05) is 6.20 Å². The van der Waals surface area contributed by atoms with E-state index < -0.39 is 0 Å². The number of morpholine rings is 1. The van der Waals surface area contributed by atoms with E-state index in [9.17, 15) is 0 Å². The molecule has 0 amide bonds. The second-order valence-electron chi connectivity index (χ2n) is 6.21. The van der Waals surface area contributed by atoms with Gasteiger partial charge in [0.25, 0.3) is 0 Å². The van der Waals surface area contributed by atoms with Crippen LogP contribution in [0.5, 0.6) is 0 Å². The number of nitrogens with zero attached hydrogens (tertiary/aromatic N) is 2. The van der Waals surface area contributed by atoms with Gasteiger partial charge in [-0.25, -0.2) is 4.98 Å². The number of rotatable bonds is 5. The van der Waals surface area contributed by atoms with Gasteiger partial charge in [-0.3, -0.25) is 0 Å². The van der Waals surface area contributed by atoms with Crippen LogP contribution in [0, 0.1) is 5.92 Å². The highest BCUT2D eigenvalue weighted by Gasteiger charge is 2.22. The monoisotopic (exact) mass is 277 g/mol. The van der Waals surface area contributed by atoms with Gasteiger partial charge in [0.05, 0.1) is 12.2 Å². The summed E-state index contributed by atoms with van der Waals surface area (Å²) in [6.45, 7) is 12.4. The van der Waals surface area contributed by atoms with E-state index >= 15 is 0 Å². The number of nitrogens with one attached hydrogen (secondary N) is 1. The largest absolute Gasteiger partial charge is 0.372 e. The van der Waals surface area contributed by atoms with Gasteiger partial charge < -0.3 is 15.0 Å². The fourth-order valence-electron chi connectivity index (χ4n) is 2.58. The first kappa shape index (κ1) is 15.3. The minimum Gasteiger partial charge on any atom is -0.372 e. The lowest BCUT2D eigenvalue weighted by Gasteiger charge is -2.36. The van der Waals surface area contributed by atoms with Crippen molar-refractivity contribution in [2.75, 3.05) is 24.5 Å². The van der Waals surface area contributed by atoms with Crippen LogP contribution < -0.4 is 10.2 Å². The van der Waals surface area contributed by atoms with E-state index in [0.29, 0.717) is 5.92 Å². The Kier molecular flexibility index (Phi) is 5.38. The summed E-state index contributed by atoms with van der Waals surface area (Å²) in [6, 6.07) is 4.29. The minimum atomic E-state index is 0.271. The van der Waals surface area contributed by atoms with Gasteiger partial charge in [-0.15, -0.1) is 0 Å². The van der Waals surface area contributed by atoms with Crippen molar-refractivity contribution in [2.45, 2.75) is 46.4 Å². The second kappa shape index (κ2) is 7.04. The summed E-state index contributed by atoms with van der Waals surface area (Å²) in [7, 11) is 0. The first-order valence-electron chi connectivity index (χ1n) is 7.60. The molecule has 2 heterocycles. The van der Waals surface area contributed by atoms with Crippen molar-refractivity contribution in [1.82, 2.24) is 10.3 Å². The lowest BCUT2D eigenvalue weighted by Crippen LogP contribution is -2.45. The zero-order valence-electron chi connectivity index (χ0n) is 13.1. The Morgan fingerprint density at radius 1 is 1.30 bits per heavy atom. The van der Waals surface area contributed by atoms with Crippen LogP contribution in [-0.4, -0.2) is 36.8 Å². The fourth-order valence-corrected chi connectivity index (χ4v) is 2.58. The van der Waals surface area contributed by atoms with Gasteiger partial charge in [-0.2, -0.15) is 0 Å². The van der Waals surface area contributed by atoms with E-state index in [1.165, 1.54) is 5.56 Å². The maximum Gasteiger partial charge on any atom is 0.128 e. The van der Waals surface area contributed by atoms with Crippen molar-refractivity contribution in [3.05, 3.63) is 23.9 Å². The fraction of sp³-hybridized carbons (Fsp3) is 0.688. The molecule has 1 N–H and O–H groups in total. The molecule has 2 atom stereocenters. The number of ether oxygens (including phenoxy) is 1. The summed E-state index contributed by atoms with van der Waals surface area (Å²) < 4.78 is 5.76. The smallest absolute Gasteiger partial charge is 0.128 e.